The van der Waals surface area contributed by atoms with Gasteiger partial charge < -0.3 is 5.21 Å². The third-order valence-electron chi connectivity index (χ3n) is 0. The molecule has 0 amide bonds. The molecule has 0 rings (SSSR count). The second-order valence-electron chi connectivity index (χ2n) is 0.686. The van der Waals surface area contributed by atoms with Gasteiger partial charge in [-0.2, -0.15) is 8.42 Å². The smallest absolute Gasteiger partial charge is 0.328 e. The quantitative estimate of drug-likeness (QED) is 0.186. The van der Waals surface area contributed by atoms with Crippen LogP contribution < -0.4 is 0 Å². The number of nitrogens with zero attached hydrogens (tertiary/aromatic N) is 1. The molecule has 0 aliphatic carbocycles. The zero-order chi connectivity index (χ0) is 8.08. The largest absolute Gasteiger partial charge is 2.00 e. The van der Waals surface area contributed by atoms with Crippen LogP contribution in [0.3, 0.4) is 0 Å². The van der Waals surface area contributed by atoms with Crippen LogP contribution >= 0.6 is 0 Å². The molecule has 0 aromatic heterocycles. The first-order chi connectivity index (χ1) is 3.73. The van der Waals surface area contributed by atoms with Gasteiger partial charge >= 0.3 is 56.5 Å². The van der Waals surface area contributed by atoms with Crippen molar-refractivity contribution in [3.63, 3.8) is 0 Å². The van der Waals surface area contributed by atoms with Crippen molar-refractivity contribution in [2.75, 3.05) is 0 Å². The number of hydrogen-bond acceptors (Lipinski definition) is 4. The molecule has 11 heavy (non-hydrogen) atoms. The molecule has 0 aliphatic heterocycles. The Balaban J connectivity index is -0.0000000383. The van der Waals surface area contributed by atoms with Crippen LogP contribution in [0.2, 0.25) is 0 Å². The van der Waals surface area contributed by atoms with Gasteiger partial charge in [0.05, 0.1) is 0 Å². The van der Waals surface area contributed by atoms with Crippen molar-refractivity contribution < 1.29 is 27.8 Å². The van der Waals surface area contributed by atoms with E-state index in [9.17, 15) is 0 Å². The van der Waals surface area contributed by atoms with Crippen molar-refractivity contribution in [3.05, 3.63) is 10.1 Å². The van der Waals surface area contributed by atoms with Gasteiger partial charge in [-0.05, 0) is 0 Å². The molecule has 56 valence electrons. The molecule has 0 fully saturated rings. The van der Waals surface area contributed by atoms with E-state index in [1.165, 1.54) is 0 Å². The summed E-state index contributed by atoms with van der Waals surface area (Å²) in [5.41, 5.74) is 0. The minimum Gasteiger partial charge on any atom is -0.328 e. The van der Waals surface area contributed by atoms with Crippen LogP contribution in [0.25, 0.3) is 0 Å². The predicted octanol–water partition coefficient (Wildman–Crippen LogP) is -1.76. The van der Waals surface area contributed by atoms with Crippen molar-refractivity contribution in [2.45, 2.75) is 0 Å². The van der Waals surface area contributed by atoms with Crippen LogP contribution in [0.4, 0.5) is 0 Å². The van der Waals surface area contributed by atoms with Crippen LogP contribution in [-0.4, -0.2) is 73.9 Å². The van der Waals surface area contributed by atoms with E-state index in [-0.39, 0.29) is 46.1 Å². The molecule has 0 aliphatic rings. The van der Waals surface area contributed by atoms with E-state index in [1.54, 1.807) is 0 Å². The molecule has 0 saturated carbocycles. The molecule has 8 nitrogen and oxygen atoms in total. The zero-order valence-electron chi connectivity index (χ0n) is 5.24. The Morgan fingerprint density at radius 1 is 1.18 bits per heavy atom. The van der Waals surface area contributed by atoms with Crippen molar-refractivity contribution in [1.29, 1.82) is 0 Å². The van der Waals surface area contributed by atoms with Gasteiger partial charge in [-0.15, -0.1) is 10.1 Å². The molecule has 0 aromatic carbocycles. The first-order valence-corrected chi connectivity index (χ1v) is 2.66. The normalized spacial score (nSPS) is 7.45. The second kappa shape index (κ2) is 10.6. The fourth-order valence-electron chi connectivity index (χ4n) is 0. The van der Waals surface area contributed by atoms with Crippen LogP contribution in [0.1, 0.15) is 0 Å². The minimum absolute atomic E-state index is 0. The molecule has 0 bridgehead atoms. The molecule has 0 spiro atoms. The maximum Gasteiger partial charge on any atom is 2.00 e. The SMILES string of the molecule is O=S(=O)(O)O.O=[N+]([O-])O.[Mg+2].[Mg+2]. The topological polar surface area (TPSA) is 138 Å². The maximum absolute atomic E-state index is 8.74. The molecule has 0 saturated heterocycles. The summed E-state index contributed by atoms with van der Waals surface area (Å²) in [4.78, 5) is 8.36. The molecule has 0 unspecified atom stereocenters. The summed E-state index contributed by atoms with van der Waals surface area (Å²) < 4.78 is 31.6. The first-order valence-electron chi connectivity index (χ1n) is 1.26. The Morgan fingerprint density at radius 3 is 1.18 bits per heavy atom. The Labute approximate surface area is 94.0 Å². The molecule has 0 aromatic rings. The summed E-state index contributed by atoms with van der Waals surface area (Å²) >= 11 is 0. The summed E-state index contributed by atoms with van der Waals surface area (Å²) in [6, 6.07) is 0. The van der Waals surface area contributed by atoms with Crippen molar-refractivity contribution in [2.24, 2.45) is 0 Å². The Kier molecular flexibility index (Phi) is 21.8. The first kappa shape index (κ1) is 22.6. The van der Waals surface area contributed by atoms with E-state index < -0.39 is 15.5 Å². The maximum atomic E-state index is 8.74. The van der Waals surface area contributed by atoms with Gasteiger partial charge in [-0.1, -0.05) is 0 Å². The fourth-order valence-corrected chi connectivity index (χ4v) is 0. The molecule has 0 radical (unpaired) electrons. The monoisotopic (exact) mass is 209 g/mol. The van der Waals surface area contributed by atoms with Crippen LogP contribution in [0, 0.1) is 10.1 Å². The van der Waals surface area contributed by atoms with Gasteiger partial charge in [0.25, 0.3) is 5.09 Å². The summed E-state index contributed by atoms with van der Waals surface area (Å²) in [7, 11) is -4.67. The van der Waals surface area contributed by atoms with Gasteiger partial charge in [-0.25, -0.2) is 0 Å². The third kappa shape index (κ3) is 2160. The van der Waals surface area contributed by atoms with Gasteiger partial charge in [0.15, 0.2) is 0 Å². The fraction of sp³-hybridized carbons (Fsp3) is 0. The van der Waals surface area contributed by atoms with Gasteiger partial charge in [0, 0.05) is 0 Å². The zero-order valence-corrected chi connectivity index (χ0v) is 8.89. The van der Waals surface area contributed by atoms with Crippen LogP contribution in [-0.2, 0) is 10.4 Å². The molecular formula is H3Mg2NO7S+4. The van der Waals surface area contributed by atoms with Crippen LogP contribution in [0.5, 0.6) is 0 Å². The van der Waals surface area contributed by atoms with E-state index in [2.05, 4.69) is 0 Å². The Morgan fingerprint density at radius 2 is 1.18 bits per heavy atom. The standard InChI is InChI=1S/2Mg.HNO3.H2O4S/c;;2-1(3)4;1-5(2,3)4/h;;(H,2,3,4);(H2,1,2,3,4)/q2*+2;;. The van der Waals surface area contributed by atoms with Crippen molar-refractivity contribution >= 4 is 56.5 Å². The summed E-state index contributed by atoms with van der Waals surface area (Å²) in [6.07, 6.45) is 0. The summed E-state index contributed by atoms with van der Waals surface area (Å²) in [6.45, 7) is 0. The molecule has 0 atom stereocenters. The second-order valence-corrected chi connectivity index (χ2v) is 1.58. The van der Waals surface area contributed by atoms with Gasteiger partial charge in [0.2, 0.25) is 0 Å². The average Bonchev–Trinajstić information content (AvgIpc) is 1.19. The summed E-state index contributed by atoms with van der Waals surface area (Å²) in [5.74, 6) is 0. The molecular weight excluding hydrogens is 207 g/mol. The van der Waals surface area contributed by atoms with E-state index in [4.69, 9.17) is 32.8 Å². The molecule has 0 heterocycles. The van der Waals surface area contributed by atoms with E-state index in [1.807, 2.05) is 0 Å². The van der Waals surface area contributed by atoms with E-state index >= 15 is 0 Å². The minimum atomic E-state index is -4.67. The molecule has 11 heteroatoms. The van der Waals surface area contributed by atoms with Crippen LogP contribution in [0.15, 0.2) is 0 Å². The van der Waals surface area contributed by atoms with Gasteiger partial charge in [0.1, 0.15) is 0 Å². The number of hydrogen-bond donors (Lipinski definition) is 3. The van der Waals surface area contributed by atoms with E-state index in [0.29, 0.717) is 0 Å². The van der Waals surface area contributed by atoms with Gasteiger partial charge in [-0.3, -0.25) is 9.11 Å². The summed E-state index contributed by atoms with van der Waals surface area (Å²) in [5, 5.41) is 13.6. The van der Waals surface area contributed by atoms with E-state index in [0.717, 1.165) is 0 Å². The number of rotatable bonds is 0. The third-order valence-corrected chi connectivity index (χ3v) is 0. The average molecular weight is 210 g/mol. The van der Waals surface area contributed by atoms with Crippen molar-refractivity contribution in [3.8, 4) is 0 Å². The predicted molar refractivity (Wildman–Crippen MR) is 34.5 cm³/mol. The molecule has 3 N–H and O–H groups in total. The van der Waals surface area contributed by atoms with Crippen molar-refractivity contribution in [1.82, 2.24) is 0 Å². The Bertz CT molecular complexity index is 159. The Hall–Kier alpha value is 0.602.